The second-order valence-electron chi connectivity index (χ2n) is 3.28. The van der Waals surface area contributed by atoms with Gasteiger partial charge in [-0.1, -0.05) is 0 Å². The molecule has 0 fully saturated rings. The maximum atomic E-state index is 11.5. The first-order chi connectivity index (χ1) is 6.11. The molecule has 0 amide bonds. The Bertz CT molecular complexity index is 291. The molecule has 1 aromatic heterocycles. The Morgan fingerprint density at radius 1 is 1.77 bits per heavy atom. The predicted molar refractivity (Wildman–Crippen MR) is 50.4 cm³/mol. The van der Waals surface area contributed by atoms with Crippen molar-refractivity contribution in [3.8, 4) is 0 Å². The van der Waals surface area contributed by atoms with E-state index in [4.69, 9.17) is 5.73 Å². The second-order valence-corrected chi connectivity index (χ2v) is 3.28. The number of aromatic nitrogens is 2. The molecule has 4 heteroatoms. The molecule has 0 aliphatic heterocycles. The molecule has 1 unspecified atom stereocenters. The summed E-state index contributed by atoms with van der Waals surface area (Å²) >= 11 is 0. The van der Waals surface area contributed by atoms with Gasteiger partial charge in [0.15, 0.2) is 5.78 Å². The number of nitrogens with two attached hydrogens (primary N) is 1. The normalized spacial score (nSPS) is 12.8. The summed E-state index contributed by atoms with van der Waals surface area (Å²) in [6.45, 7) is 1.90. The van der Waals surface area contributed by atoms with Gasteiger partial charge in [0, 0.05) is 25.7 Å². The molecule has 13 heavy (non-hydrogen) atoms. The lowest BCUT2D eigenvalue weighted by Gasteiger charge is -2.03. The maximum absolute atomic E-state index is 11.5. The van der Waals surface area contributed by atoms with Crippen LogP contribution in [0.2, 0.25) is 0 Å². The average Bonchev–Trinajstić information content (AvgIpc) is 2.47. The molecule has 72 valence electrons. The SMILES string of the molecule is CC(N)CCC(=O)c1ccnn1C. The number of carbonyl (C=O) groups is 1. The average molecular weight is 181 g/mol. The van der Waals surface area contributed by atoms with Gasteiger partial charge in [-0.2, -0.15) is 5.10 Å². The Hall–Kier alpha value is -1.16. The van der Waals surface area contributed by atoms with Crippen molar-refractivity contribution in [3.63, 3.8) is 0 Å². The Balaban J connectivity index is 2.54. The highest BCUT2D eigenvalue weighted by molar-refractivity contribution is 5.94. The van der Waals surface area contributed by atoms with Gasteiger partial charge >= 0.3 is 0 Å². The molecule has 2 N–H and O–H groups in total. The fourth-order valence-corrected chi connectivity index (χ4v) is 1.13. The van der Waals surface area contributed by atoms with Gasteiger partial charge in [0.2, 0.25) is 0 Å². The van der Waals surface area contributed by atoms with E-state index in [2.05, 4.69) is 5.10 Å². The van der Waals surface area contributed by atoms with Gasteiger partial charge in [0.25, 0.3) is 0 Å². The molecule has 0 aromatic carbocycles. The monoisotopic (exact) mass is 181 g/mol. The number of hydrogen-bond acceptors (Lipinski definition) is 3. The number of ketones is 1. The van der Waals surface area contributed by atoms with Crippen LogP contribution in [0, 0.1) is 0 Å². The van der Waals surface area contributed by atoms with Gasteiger partial charge in [-0.15, -0.1) is 0 Å². The van der Waals surface area contributed by atoms with E-state index in [0.29, 0.717) is 12.1 Å². The van der Waals surface area contributed by atoms with Crippen molar-refractivity contribution in [3.05, 3.63) is 18.0 Å². The van der Waals surface area contributed by atoms with E-state index < -0.39 is 0 Å². The molecule has 0 spiro atoms. The predicted octanol–water partition coefficient (Wildman–Crippen LogP) is 0.730. The molecule has 1 atom stereocenters. The van der Waals surface area contributed by atoms with E-state index >= 15 is 0 Å². The van der Waals surface area contributed by atoms with Crippen molar-refractivity contribution >= 4 is 5.78 Å². The van der Waals surface area contributed by atoms with Crippen LogP contribution in [0.3, 0.4) is 0 Å². The van der Waals surface area contributed by atoms with Crippen molar-refractivity contribution in [1.29, 1.82) is 0 Å². The molecule has 0 saturated carbocycles. The lowest BCUT2D eigenvalue weighted by Crippen LogP contribution is -2.17. The number of rotatable bonds is 4. The Kier molecular flexibility index (Phi) is 3.19. The summed E-state index contributed by atoms with van der Waals surface area (Å²) < 4.78 is 1.59. The number of hydrogen-bond donors (Lipinski definition) is 1. The maximum Gasteiger partial charge on any atom is 0.180 e. The van der Waals surface area contributed by atoms with Crippen molar-refractivity contribution in [2.24, 2.45) is 12.8 Å². The van der Waals surface area contributed by atoms with Gasteiger partial charge in [0.1, 0.15) is 5.69 Å². The first kappa shape index (κ1) is 9.92. The second kappa shape index (κ2) is 4.18. The zero-order valence-corrected chi connectivity index (χ0v) is 8.03. The van der Waals surface area contributed by atoms with Crippen LogP contribution in [0.1, 0.15) is 30.3 Å². The Morgan fingerprint density at radius 2 is 2.46 bits per heavy atom. The lowest BCUT2D eigenvalue weighted by molar-refractivity contribution is 0.0969. The standard InChI is InChI=1S/C9H15N3O/c1-7(10)3-4-9(13)8-5-6-11-12(8)2/h5-7H,3-4,10H2,1-2H3. The molecule has 0 aliphatic rings. The van der Waals surface area contributed by atoms with Crippen molar-refractivity contribution in [2.45, 2.75) is 25.8 Å². The fourth-order valence-electron chi connectivity index (χ4n) is 1.13. The molecular formula is C9H15N3O. The summed E-state index contributed by atoms with van der Waals surface area (Å²) in [6, 6.07) is 1.81. The molecule has 0 aliphatic carbocycles. The lowest BCUT2D eigenvalue weighted by atomic mass is 10.1. The van der Waals surface area contributed by atoms with E-state index in [-0.39, 0.29) is 11.8 Å². The van der Waals surface area contributed by atoms with Gasteiger partial charge < -0.3 is 5.73 Å². The van der Waals surface area contributed by atoms with Crippen LogP contribution in [0.4, 0.5) is 0 Å². The molecule has 1 rings (SSSR count). The Labute approximate surface area is 77.7 Å². The molecule has 0 bridgehead atoms. The first-order valence-corrected chi connectivity index (χ1v) is 4.38. The first-order valence-electron chi connectivity index (χ1n) is 4.38. The van der Waals surface area contributed by atoms with Crippen LogP contribution >= 0.6 is 0 Å². The third-order valence-electron chi connectivity index (χ3n) is 1.93. The van der Waals surface area contributed by atoms with Crippen LogP contribution in [-0.4, -0.2) is 21.6 Å². The van der Waals surface area contributed by atoms with E-state index in [0.717, 1.165) is 6.42 Å². The summed E-state index contributed by atoms with van der Waals surface area (Å²) in [5, 5.41) is 3.93. The molecule has 0 radical (unpaired) electrons. The van der Waals surface area contributed by atoms with E-state index in [1.807, 2.05) is 6.92 Å². The minimum Gasteiger partial charge on any atom is -0.328 e. The smallest absolute Gasteiger partial charge is 0.180 e. The largest absolute Gasteiger partial charge is 0.328 e. The van der Waals surface area contributed by atoms with Gasteiger partial charge in [-0.05, 0) is 19.4 Å². The van der Waals surface area contributed by atoms with Crippen LogP contribution < -0.4 is 5.73 Å². The molecular weight excluding hydrogens is 166 g/mol. The van der Waals surface area contributed by atoms with Crippen LogP contribution in [-0.2, 0) is 7.05 Å². The number of Topliss-reactive ketones (excluding diaryl/α,β-unsaturated/α-hetero) is 1. The number of nitrogens with zero attached hydrogens (tertiary/aromatic N) is 2. The van der Waals surface area contributed by atoms with Gasteiger partial charge in [-0.25, -0.2) is 0 Å². The van der Waals surface area contributed by atoms with Crippen molar-refractivity contribution in [2.75, 3.05) is 0 Å². The number of carbonyl (C=O) groups excluding carboxylic acids is 1. The third-order valence-corrected chi connectivity index (χ3v) is 1.93. The molecule has 4 nitrogen and oxygen atoms in total. The van der Waals surface area contributed by atoms with E-state index in [9.17, 15) is 4.79 Å². The van der Waals surface area contributed by atoms with Crippen molar-refractivity contribution in [1.82, 2.24) is 9.78 Å². The highest BCUT2D eigenvalue weighted by Crippen LogP contribution is 2.04. The minimum atomic E-state index is 0.0807. The molecule has 1 heterocycles. The van der Waals surface area contributed by atoms with E-state index in [1.165, 1.54) is 0 Å². The van der Waals surface area contributed by atoms with Crippen LogP contribution in [0.5, 0.6) is 0 Å². The summed E-state index contributed by atoms with van der Waals surface area (Å²) in [7, 11) is 1.76. The van der Waals surface area contributed by atoms with Gasteiger partial charge in [0.05, 0.1) is 0 Å². The van der Waals surface area contributed by atoms with Crippen LogP contribution in [0.25, 0.3) is 0 Å². The van der Waals surface area contributed by atoms with E-state index in [1.54, 1.807) is 24.0 Å². The highest BCUT2D eigenvalue weighted by atomic mass is 16.1. The fraction of sp³-hybridized carbons (Fsp3) is 0.556. The van der Waals surface area contributed by atoms with Crippen LogP contribution in [0.15, 0.2) is 12.3 Å². The number of aryl methyl sites for hydroxylation is 1. The Morgan fingerprint density at radius 3 is 2.92 bits per heavy atom. The van der Waals surface area contributed by atoms with Gasteiger partial charge in [-0.3, -0.25) is 9.48 Å². The quantitative estimate of drug-likeness (QED) is 0.696. The topological polar surface area (TPSA) is 60.9 Å². The zero-order chi connectivity index (χ0) is 9.84. The third kappa shape index (κ3) is 2.66. The summed E-state index contributed by atoms with van der Waals surface area (Å²) in [5.41, 5.74) is 6.21. The highest BCUT2D eigenvalue weighted by Gasteiger charge is 2.09. The summed E-state index contributed by atoms with van der Waals surface area (Å²) in [4.78, 5) is 11.5. The molecule has 0 saturated heterocycles. The summed E-state index contributed by atoms with van der Waals surface area (Å²) in [6.07, 6.45) is 2.85. The molecule has 1 aromatic rings. The zero-order valence-electron chi connectivity index (χ0n) is 8.03. The minimum absolute atomic E-state index is 0.0807. The summed E-state index contributed by atoms with van der Waals surface area (Å²) in [5.74, 6) is 0.109. The van der Waals surface area contributed by atoms with Crippen molar-refractivity contribution < 1.29 is 4.79 Å².